The van der Waals surface area contributed by atoms with Crippen molar-refractivity contribution in [2.24, 2.45) is 11.8 Å². The fourth-order valence-electron chi connectivity index (χ4n) is 2.10. The average Bonchev–Trinajstić information content (AvgIpc) is 2.84. The van der Waals surface area contributed by atoms with Crippen molar-refractivity contribution in [3.05, 3.63) is 5.89 Å². The maximum Gasteiger partial charge on any atom is 0.318 e. The maximum atomic E-state index is 5.58. The minimum absolute atomic E-state index is 0.633. The molecule has 1 aromatic heterocycles. The van der Waals surface area contributed by atoms with E-state index >= 15 is 0 Å². The van der Waals surface area contributed by atoms with Gasteiger partial charge in [0, 0.05) is 13.1 Å². The van der Waals surface area contributed by atoms with Crippen molar-refractivity contribution in [1.82, 2.24) is 15.5 Å². The molecule has 1 atom stereocenters. The highest BCUT2D eigenvalue weighted by Gasteiger charge is 2.27. The van der Waals surface area contributed by atoms with Crippen LogP contribution < -0.4 is 10.2 Å². The first-order valence-electron chi connectivity index (χ1n) is 5.92. The van der Waals surface area contributed by atoms with E-state index in [-0.39, 0.29) is 0 Å². The lowest BCUT2D eigenvalue weighted by Gasteiger charge is -2.15. The molecule has 2 heterocycles. The van der Waals surface area contributed by atoms with Crippen LogP contribution >= 0.6 is 0 Å². The minimum Gasteiger partial charge on any atom is -0.407 e. The SMILES string of the molecule is CNCc1nnc(N2CCC(C(C)C)C2)o1. The molecule has 0 radical (unpaired) electrons. The Morgan fingerprint density at radius 2 is 2.31 bits per heavy atom. The standard InChI is InChI=1S/C11H20N4O/c1-8(2)9-4-5-15(7-9)11-14-13-10(16-11)6-12-3/h8-9,12H,4-7H2,1-3H3. The van der Waals surface area contributed by atoms with E-state index in [1.165, 1.54) is 6.42 Å². The molecule has 0 bridgehead atoms. The number of aromatic nitrogens is 2. The largest absolute Gasteiger partial charge is 0.407 e. The van der Waals surface area contributed by atoms with Gasteiger partial charge in [-0.3, -0.25) is 0 Å². The molecule has 0 saturated carbocycles. The summed E-state index contributed by atoms with van der Waals surface area (Å²) >= 11 is 0. The predicted octanol–water partition coefficient (Wildman–Crippen LogP) is 1.27. The Balaban J connectivity index is 1.97. The summed E-state index contributed by atoms with van der Waals surface area (Å²) in [7, 11) is 1.87. The minimum atomic E-state index is 0.633. The molecule has 0 aromatic carbocycles. The molecule has 1 N–H and O–H groups in total. The maximum absolute atomic E-state index is 5.58. The van der Waals surface area contributed by atoms with Gasteiger partial charge >= 0.3 is 6.01 Å². The Hall–Kier alpha value is -1.10. The van der Waals surface area contributed by atoms with Crippen LogP contribution in [0.1, 0.15) is 26.2 Å². The summed E-state index contributed by atoms with van der Waals surface area (Å²) in [6.07, 6.45) is 1.22. The van der Waals surface area contributed by atoms with Crippen LogP contribution in [0.5, 0.6) is 0 Å². The van der Waals surface area contributed by atoms with Gasteiger partial charge in [0.2, 0.25) is 5.89 Å². The van der Waals surface area contributed by atoms with E-state index in [1.54, 1.807) is 0 Å². The smallest absolute Gasteiger partial charge is 0.318 e. The lowest BCUT2D eigenvalue weighted by molar-refractivity contribution is 0.418. The third kappa shape index (κ3) is 2.35. The first-order valence-corrected chi connectivity index (χ1v) is 5.92. The molecule has 16 heavy (non-hydrogen) atoms. The van der Waals surface area contributed by atoms with E-state index in [4.69, 9.17) is 4.42 Å². The zero-order valence-electron chi connectivity index (χ0n) is 10.2. The van der Waals surface area contributed by atoms with Crippen LogP contribution in [-0.2, 0) is 6.54 Å². The molecule has 0 spiro atoms. The van der Waals surface area contributed by atoms with Gasteiger partial charge in [-0.25, -0.2) is 0 Å². The summed E-state index contributed by atoms with van der Waals surface area (Å²) in [4.78, 5) is 2.19. The van der Waals surface area contributed by atoms with Gasteiger partial charge in [-0.2, -0.15) is 0 Å². The fraction of sp³-hybridized carbons (Fsp3) is 0.818. The normalized spacial score (nSPS) is 21.0. The molecule has 1 fully saturated rings. The van der Waals surface area contributed by atoms with Crippen molar-refractivity contribution in [2.45, 2.75) is 26.8 Å². The zero-order valence-corrected chi connectivity index (χ0v) is 10.2. The fourth-order valence-corrected chi connectivity index (χ4v) is 2.10. The van der Waals surface area contributed by atoms with E-state index in [9.17, 15) is 0 Å². The monoisotopic (exact) mass is 224 g/mol. The Bertz CT molecular complexity index is 336. The van der Waals surface area contributed by atoms with E-state index in [1.807, 2.05) is 7.05 Å². The van der Waals surface area contributed by atoms with Crippen molar-refractivity contribution >= 4 is 6.01 Å². The second kappa shape index (κ2) is 4.82. The summed E-state index contributed by atoms with van der Waals surface area (Å²) in [5.41, 5.74) is 0. The summed E-state index contributed by atoms with van der Waals surface area (Å²) in [5, 5.41) is 11.1. The topological polar surface area (TPSA) is 54.2 Å². The number of hydrogen-bond acceptors (Lipinski definition) is 5. The molecule has 1 aromatic rings. The van der Waals surface area contributed by atoms with Crippen LogP contribution in [0.15, 0.2) is 4.42 Å². The van der Waals surface area contributed by atoms with Gasteiger partial charge in [0.1, 0.15) is 0 Å². The van der Waals surface area contributed by atoms with Crippen molar-refractivity contribution in [2.75, 3.05) is 25.0 Å². The van der Waals surface area contributed by atoms with Gasteiger partial charge in [-0.1, -0.05) is 18.9 Å². The number of hydrogen-bond donors (Lipinski definition) is 1. The zero-order chi connectivity index (χ0) is 11.5. The van der Waals surface area contributed by atoms with Gasteiger partial charge in [0.15, 0.2) is 0 Å². The van der Waals surface area contributed by atoms with E-state index in [2.05, 4.69) is 34.3 Å². The highest BCUT2D eigenvalue weighted by Crippen LogP contribution is 2.27. The Kier molecular flexibility index (Phi) is 3.43. The van der Waals surface area contributed by atoms with Crippen LogP contribution in [0, 0.1) is 11.8 Å². The summed E-state index contributed by atoms with van der Waals surface area (Å²) in [6, 6.07) is 0.674. The number of nitrogens with zero attached hydrogens (tertiary/aromatic N) is 3. The number of rotatable bonds is 4. The number of anilines is 1. The molecule has 1 unspecified atom stereocenters. The summed E-state index contributed by atoms with van der Waals surface area (Å²) in [6.45, 7) is 7.25. The van der Waals surface area contributed by atoms with Gasteiger partial charge in [-0.15, -0.1) is 5.10 Å². The Labute approximate surface area is 96.2 Å². The molecule has 90 valence electrons. The Morgan fingerprint density at radius 3 is 2.94 bits per heavy atom. The van der Waals surface area contributed by atoms with Crippen LogP contribution in [0.2, 0.25) is 0 Å². The molecule has 5 nitrogen and oxygen atoms in total. The predicted molar refractivity (Wildman–Crippen MR) is 62.2 cm³/mol. The second-order valence-corrected chi connectivity index (χ2v) is 4.75. The van der Waals surface area contributed by atoms with Crippen LogP contribution in [0.3, 0.4) is 0 Å². The molecule has 5 heteroatoms. The third-order valence-corrected chi connectivity index (χ3v) is 3.22. The molecule has 2 rings (SSSR count). The molecule has 1 saturated heterocycles. The molecule has 1 aliphatic heterocycles. The lowest BCUT2D eigenvalue weighted by Crippen LogP contribution is -2.21. The second-order valence-electron chi connectivity index (χ2n) is 4.75. The van der Waals surface area contributed by atoms with E-state index in [0.717, 1.165) is 24.9 Å². The van der Waals surface area contributed by atoms with Gasteiger partial charge in [0.05, 0.1) is 6.54 Å². The van der Waals surface area contributed by atoms with Gasteiger partial charge in [-0.05, 0) is 25.3 Å². The van der Waals surface area contributed by atoms with E-state index < -0.39 is 0 Å². The lowest BCUT2D eigenvalue weighted by atomic mass is 9.95. The molecule has 0 amide bonds. The Morgan fingerprint density at radius 1 is 1.50 bits per heavy atom. The van der Waals surface area contributed by atoms with Crippen LogP contribution in [0.25, 0.3) is 0 Å². The highest BCUT2D eigenvalue weighted by molar-refractivity contribution is 5.26. The van der Waals surface area contributed by atoms with Crippen molar-refractivity contribution in [3.8, 4) is 0 Å². The average molecular weight is 224 g/mol. The summed E-state index contributed by atoms with van der Waals surface area (Å²) in [5.74, 6) is 2.13. The quantitative estimate of drug-likeness (QED) is 0.834. The first kappa shape index (κ1) is 11.4. The molecular weight excluding hydrogens is 204 g/mol. The molecule has 1 aliphatic rings. The summed E-state index contributed by atoms with van der Waals surface area (Å²) < 4.78 is 5.58. The molecule has 0 aliphatic carbocycles. The highest BCUT2D eigenvalue weighted by atomic mass is 16.4. The van der Waals surface area contributed by atoms with Crippen LogP contribution in [-0.4, -0.2) is 30.3 Å². The van der Waals surface area contributed by atoms with Gasteiger partial charge < -0.3 is 14.6 Å². The first-order chi connectivity index (χ1) is 7.70. The third-order valence-electron chi connectivity index (χ3n) is 3.22. The van der Waals surface area contributed by atoms with Crippen molar-refractivity contribution in [3.63, 3.8) is 0 Å². The van der Waals surface area contributed by atoms with Crippen molar-refractivity contribution < 1.29 is 4.42 Å². The number of nitrogens with one attached hydrogen (secondary N) is 1. The van der Waals surface area contributed by atoms with E-state index in [0.29, 0.717) is 18.5 Å². The van der Waals surface area contributed by atoms with Crippen LogP contribution in [0.4, 0.5) is 6.01 Å². The van der Waals surface area contributed by atoms with Crippen molar-refractivity contribution in [1.29, 1.82) is 0 Å². The van der Waals surface area contributed by atoms with Gasteiger partial charge in [0.25, 0.3) is 0 Å². The molecular formula is C11H20N4O.